The number of nitro benzene ring substituents is 1. The van der Waals surface area contributed by atoms with Gasteiger partial charge >= 0.3 is 0 Å². The summed E-state index contributed by atoms with van der Waals surface area (Å²) in [5.41, 5.74) is 5.77. The van der Waals surface area contributed by atoms with Gasteiger partial charge in [-0.1, -0.05) is 18.2 Å². The first-order valence-corrected chi connectivity index (χ1v) is 5.91. The van der Waals surface area contributed by atoms with E-state index in [9.17, 15) is 14.3 Å². The lowest BCUT2D eigenvalue weighted by atomic mass is 10.2. The van der Waals surface area contributed by atoms with Crippen molar-refractivity contribution in [1.82, 2.24) is 0 Å². The quantitative estimate of drug-likeness (QED) is 0.596. The first-order chi connectivity index (χ1) is 7.15. The zero-order chi connectivity index (χ0) is 11.3. The smallest absolute Gasteiger partial charge is 0.273 e. The average molecular weight is 228 g/mol. The molecule has 1 aromatic rings. The number of benzene rings is 1. The van der Waals surface area contributed by atoms with Crippen LogP contribution in [0.1, 0.15) is 5.56 Å². The molecule has 0 aliphatic heterocycles. The molecule has 0 heterocycles. The monoisotopic (exact) mass is 228 g/mol. The van der Waals surface area contributed by atoms with Gasteiger partial charge in [0.1, 0.15) is 0 Å². The van der Waals surface area contributed by atoms with Crippen LogP contribution in [0.4, 0.5) is 5.69 Å². The highest BCUT2D eigenvalue weighted by Crippen LogP contribution is 2.18. The highest BCUT2D eigenvalue weighted by molar-refractivity contribution is 7.84. The van der Waals surface area contributed by atoms with Crippen molar-refractivity contribution in [2.45, 2.75) is 5.75 Å². The van der Waals surface area contributed by atoms with Crippen LogP contribution in [0, 0.1) is 10.1 Å². The molecule has 0 saturated heterocycles. The molecule has 2 N–H and O–H groups in total. The molecule has 82 valence electrons. The first-order valence-electron chi connectivity index (χ1n) is 4.42. The maximum absolute atomic E-state index is 11.4. The van der Waals surface area contributed by atoms with Crippen molar-refractivity contribution in [2.75, 3.05) is 12.3 Å². The van der Waals surface area contributed by atoms with Crippen LogP contribution < -0.4 is 5.73 Å². The number of nitro groups is 1. The minimum atomic E-state index is -1.13. The second kappa shape index (κ2) is 5.57. The molecule has 0 fully saturated rings. The summed E-state index contributed by atoms with van der Waals surface area (Å²) in [6.07, 6.45) is 0. The highest BCUT2D eigenvalue weighted by atomic mass is 32.2. The molecular formula is C9H12N2O3S. The van der Waals surface area contributed by atoms with Gasteiger partial charge in [-0.05, 0) is 0 Å². The third kappa shape index (κ3) is 3.41. The normalized spacial score (nSPS) is 12.3. The van der Waals surface area contributed by atoms with Crippen molar-refractivity contribution in [2.24, 2.45) is 5.73 Å². The lowest BCUT2D eigenvalue weighted by molar-refractivity contribution is -0.385. The second-order valence-corrected chi connectivity index (χ2v) is 4.54. The molecule has 0 aromatic heterocycles. The van der Waals surface area contributed by atoms with Crippen LogP contribution in [0.15, 0.2) is 24.3 Å². The molecule has 0 aliphatic carbocycles. The van der Waals surface area contributed by atoms with Gasteiger partial charge in [-0.3, -0.25) is 14.3 Å². The number of hydrogen-bond donors (Lipinski definition) is 1. The zero-order valence-corrected chi connectivity index (χ0v) is 8.90. The van der Waals surface area contributed by atoms with Crippen molar-refractivity contribution < 1.29 is 9.13 Å². The Hall–Kier alpha value is -1.27. The van der Waals surface area contributed by atoms with E-state index < -0.39 is 15.7 Å². The topological polar surface area (TPSA) is 86.2 Å². The van der Waals surface area contributed by atoms with Crippen molar-refractivity contribution in [3.8, 4) is 0 Å². The van der Waals surface area contributed by atoms with Crippen molar-refractivity contribution in [1.29, 1.82) is 0 Å². The van der Waals surface area contributed by atoms with Gasteiger partial charge in [-0.2, -0.15) is 0 Å². The Bertz CT molecular complexity index is 381. The summed E-state index contributed by atoms with van der Waals surface area (Å²) < 4.78 is 11.4. The first kappa shape index (κ1) is 11.8. The third-order valence-electron chi connectivity index (χ3n) is 1.85. The van der Waals surface area contributed by atoms with Crippen LogP contribution in [0.5, 0.6) is 0 Å². The van der Waals surface area contributed by atoms with E-state index in [0.717, 1.165) is 0 Å². The summed E-state index contributed by atoms with van der Waals surface area (Å²) >= 11 is 0. The summed E-state index contributed by atoms with van der Waals surface area (Å²) in [4.78, 5) is 10.2. The SMILES string of the molecule is NCCS(=O)Cc1ccccc1[N+](=O)[O-]. The van der Waals surface area contributed by atoms with Crippen LogP contribution in [0.25, 0.3) is 0 Å². The second-order valence-electron chi connectivity index (χ2n) is 2.96. The number of nitrogens with zero attached hydrogens (tertiary/aromatic N) is 1. The van der Waals surface area contributed by atoms with Crippen LogP contribution in [0.2, 0.25) is 0 Å². The Morgan fingerprint density at radius 1 is 1.40 bits per heavy atom. The minimum Gasteiger partial charge on any atom is -0.330 e. The van der Waals surface area contributed by atoms with E-state index in [0.29, 0.717) is 17.9 Å². The third-order valence-corrected chi connectivity index (χ3v) is 3.17. The predicted molar refractivity (Wildman–Crippen MR) is 58.9 cm³/mol. The van der Waals surface area contributed by atoms with Crippen molar-refractivity contribution in [3.63, 3.8) is 0 Å². The molecule has 0 bridgehead atoms. The fourth-order valence-electron chi connectivity index (χ4n) is 1.19. The summed E-state index contributed by atoms with van der Waals surface area (Å²) in [5.74, 6) is 0.556. The van der Waals surface area contributed by atoms with Crippen LogP contribution in [-0.2, 0) is 16.6 Å². The predicted octanol–water partition coefficient (Wildman–Crippen LogP) is 0.802. The van der Waals surface area contributed by atoms with Crippen LogP contribution in [0.3, 0.4) is 0 Å². The molecule has 0 spiro atoms. The number of rotatable bonds is 5. The molecule has 1 rings (SSSR count). The highest BCUT2D eigenvalue weighted by Gasteiger charge is 2.13. The number of nitrogens with two attached hydrogens (primary N) is 1. The van der Waals surface area contributed by atoms with Crippen molar-refractivity contribution in [3.05, 3.63) is 39.9 Å². The molecule has 0 amide bonds. The van der Waals surface area contributed by atoms with Gasteiger partial charge in [0, 0.05) is 34.7 Å². The molecular weight excluding hydrogens is 216 g/mol. The van der Waals surface area contributed by atoms with Crippen LogP contribution >= 0.6 is 0 Å². The van der Waals surface area contributed by atoms with Gasteiger partial charge in [-0.25, -0.2) is 0 Å². The molecule has 1 aromatic carbocycles. The maximum Gasteiger partial charge on any atom is 0.273 e. The Kier molecular flexibility index (Phi) is 4.38. The molecule has 1 unspecified atom stereocenters. The Morgan fingerprint density at radius 3 is 2.67 bits per heavy atom. The molecule has 15 heavy (non-hydrogen) atoms. The Morgan fingerprint density at radius 2 is 2.07 bits per heavy atom. The fourth-order valence-corrected chi connectivity index (χ4v) is 2.19. The van der Waals surface area contributed by atoms with Gasteiger partial charge in [0.15, 0.2) is 0 Å². The summed E-state index contributed by atoms with van der Waals surface area (Å²) in [6, 6.07) is 6.32. The van der Waals surface area contributed by atoms with Gasteiger partial charge < -0.3 is 5.73 Å². The van der Waals surface area contributed by atoms with Gasteiger partial charge in [0.2, 0.25) is 0 Å². The van der Waals surface area contributed by atoms with E-state index in [1.807, 2.05) is 0 Å². The Balaban J connectivity index is 2.84. The molecule has 0 radical (unpaired) electrons. The lowest BCUT2D eigenvalue weighted by Gasteiger charge is -2.01. The number of hydrogen-bond acceptors (Lipinski definition) is 4. The van der Waals surface area contributed by atoms with E-state index in [-0.39, 0.29) is 11.4 Å². The van der Waals surface area contributed by atoms with E-state index in [2.05, 4.69) is 0 Å². The van der Waals surface area contributed by atoms with E-state index in [1.54, 1.807) is 18.2 Å². The van der Waals surface area contributed by atoms with Gasteiger partial charge in [0.05, 0.1) is 10.7 Å². The lowest BCUT2D eigenvalue weighted by Crippen LogP contribution is -2.12. The molecule has 0 saturated carbocycles. The molecule has 1 atom stereocenters. The number of para-hydroxylation sites is 1. The van der Waals surface area contributed by atoms with E-state index in [4.69, 9.17) is 5.73 Å². The Labute approximate surface area is 89.9 Å². The molecule has 5 nitrogen and oxygen atoms in total. The zero-order valence-electron chi connectivity index (χ0n) is 8.09. The van der Waals surface area contributed by atoms with E-state index in [1.165, 1.54) is 6.07 Å². The standard InChI is InChI=1S/C9H12N2O3S/c10-5-6-15(14)7-8-3-1-2-4-9(8)11(12)13/h1-4H,5-7,10H2. The van der Waals surface area contributed by atoms with Crippen LogP contribution in [-0.4, -0.2) is 21.4 Å². The maximum atomic E-state index is 11.4. The summed E-state index contributed by atoms with van der Waals surface area (Å²) in [7, 11) is -1.13. The summed E-state index contributed by atoms with van der Waals surface area (Å²) in [6.45, 7) is 0.327. The molecule has 6 heteroatoms. The molecule has 0 aliphatic rings. The van der Waals surface area contributed by atoms with Crippen molar-refractivity contribution >= 4 is 16.5 Å². The van der Waals surface area contributed by atoms with Gasteiger partial charge in [0.25, 0.3) is 5.69 Å². The van der Waals surface area contributed by atoms with E-state index >= 15 is 0 Å². The fraction of sp³-hybridized carbons (Fsp3) is 0.333. The average Bonchev–Trinajstić information content (AvgIpc) is 2.18. The van der Waals surface area contributed by atoms with Gasteiger partial charge in [-0.15, -0.1) is 0 Å². The summed E-state index contributed by atoms with van der Waals surface area (Å²) in [5, 5.41) is 10.6. The minimum absolute atomic E-state index is 0.0165. The largest absolute Gasteiger partial charge is 0.330 e.